The molecule has 1 aromatic carbocycles. The number of methoxy groups -OCH3 is 1. The van der Waals surface area contributed by atoms with E-state index in [-0.39, 0.29) is 5.60 Å². The lowest BCUT2D eigenvalue weighted by atomic mass is 9.90. The minimum absolute atomic E-state index is 0.129. The summed E-state index contributed by atoms with van der Waals surface area (Å²) in [5.41, 5.74) is 1.27. The molecule has 2 heterocycles. The van der Waals surface area contributed by atoms with Crippen LogP contribution < -0.4 is 10.1 Å². The van der Waals surface area contributed by atoms with Crippen LogP contribution in [0.1, 0.15) is 19.3 Å². The van der Waals surface area contributed by atoms with Crippen LogP contribution in [0.2, 0.25) is 0 Å². The number of rotatable bonds is 3. The fraction of sp³-hybridized carbons (Fsp3) is 0.600. The maximum atomic E-state index is 6.06. The first-order chi connectivity index (χ1) is 9.71. The summed E-state index contributed by atoms with van der Waals surface area (Å²) in [5.74, 6) is 3.25. The van der Waals surface area contributed by atoms with Gasteiger partial charge in [-0.25, -0.2) is 0 Å². The number of anilines is 1. The van der Waals surface area contributed by atoms with Crippen LogP contribution in [0.25, 0.3) is 0 Å². The molecule has 0 amide bonds. The van der Waals surface area contributed by atoms with Gasteiger partial charge in [-0.15, -0.1) is 0 Å². The number of ether oxygens (including phenoxy) is 2. The van der Waals surface area contributed by atoms with Crippen LogP contribution in [-0.4, -0.2) is 36.9 Å². The zero-order valence-electron chi connectivity index (χ0n) is 11.7. The third-order valence-corrected chi connectivity index (χ3v) is 5.93. The Kier molecular flexibility index (Phi) is 4.48. The zero-order valence-corrected chi connectivity index (χ0v) is 14.1. The van der Waals surface area contributed by atoms with Gasteiger partial charge in [0.05, 0.1) is 17.2 Å². The molecular weight excluding hydrogens is 338 g/mol. The number of thioether (sulfide) groups is 1. The van der Waals surface area contributed by atoms with Crippen LogP contribution in [0.5, 0.6) is 5.75 Å². The van der Waals surface area contributed by atoms with Gasteiger partial charge < -0.3 is 14.8 Å². The van der Waals surface area contributed by atoms with E-state index >= 15 is 0 Å². The Morgan fingerprint density at radius 2 is 2.40 bits per heavy atom. The molecule has 2 fully saturated rings. The zero-order chi connectivity index (χ0) is 14.0. The summed E-state index contributed by atoms with van der Waals surface area (Å²) in [6.07, 6.45) is 3.39. The Morgan fingerprint density at radius 3 is 3.10 bits per heavy atom. The second kappa shape index (κ2) is 6.16. The number of halogens is 1. The Labute approximate surface area is 132 Å². The highest BCUT2D eigenvalue weighted by molar-refractivity contribution is 9.10. The minimum Gasteiger partial charge on any atom is -0.496 e. The van der Waals surface area contributed by atoms with Crippen molar-refractivity contribution in [1.29, 1.82) is 0 Å². The average Bonchev–Trinajstić information content (AvgIpc) is 2.87. The quantitative estimate of drug-likeness (QED) is 0.887. The van der Waals surface area contributed by atoms with Crippen LogP contribution in [0.4, 0.5) is 5.69 Å². The van der Waals surface area contributed by atoms with Crippen molar-refractivity contribution in [2.45, 2.75) is 30.9 Å². The van der Waals surface area contributed by atoms with Crippen molar-refractivity contribution >= 4 is 33.4 Å². The molecule has 2 atom stereocenters. The number of hydrogen-bond donors (Lipinski definition) is 1. The van der Waals surface area contributed by atoms with E-state index in [1.807, 2.05) is 17.8 Å². The first-order valence-electron chi connectivity index (χ1n) is 7.03. The summed E-state index contributed by atoms with van der Waals surface area (Å²) in [6.45, 7) is 0.871. The highest BCUT2D eigenvalue weighted by atomic mass is 79.9. The lowest BCUT2D eigenvalue weighted by Crippen LogP contribution is -2.44. The van der Waals surface area contributed by atoms with Gasteiger partial charge in [-0.1, -0.05) is 0 Å². The van der Waals surface area contributed by atoms with E-state index in [4.69, 9.17) is 9.47 Å². The lowest BCUT2D eigenvalue weighted by molar-refractivity contribution is -0.0628. The molecule has 2 aliphatic rings. The van der Waals surface area contributed by atoms with Gasteiger partial charge in [-0.3, -0.25) is 0 Å². The maximum Gasteiger partial charge on any atom is 0.133 e. The number of benzene rings is 1. The van der Waals surface area contributed by atoms with E-state index in [1.54, 1.807) is 7.11 Å². The molecular formula is C15H20BrNO2S. The van der Waals surface area contributed by atoms with Gasteiger partial charge >= 0.3 is 0 Å². The molecule has 0 saturated carbocycles. The fourth-order valence-corrected chi connectivity index (χ4v) is 4.93. The molecule has 1 spiro atoms. The molecule has 2 aliphatic heterocycles. The summed E-state index contributed by atoms with van der Waals surface area (Å²) in [4.78, 5) is 0. The van der Waals surface area contributed by atoms with E-state index in [2.05, 4.69) is 33.4 Å². The molecule has 2 saturated heterocycles. The Morgan fingerprint density at radius 1 is 1.50 bits per heavy atom. The van der Waals surface area contributed by atoms with E-state index in [0.717, 1.165) is 41.1 Å². The van der Waals surface area contributed by atoms with Gasteiger partial charge in [0.15, 0.2) is 0 Å². The van der Waals surface area contributed by atoms with Gasteiger partial charge in [0, 0.05) is 24.1 Å². The van der Waals surface area contributed by atoms with Crippen molar-refractivity contribution in [3.05, 3.63) is 22.7 Å². The Bertz CT molecular complexity index is 477. The van der Waals surface area contributed by atoms with E-state index in [9.17, 15) is 0 Å². The van der Waals surface area contributed by atoms with Crippen molar-refractivity contribution in [2.24, 2.45) is 0 Å². The van der Waals surface area contributed by atoms with Gasteiger partial charge in [0.25, 0.3) is 0 Å². The van der Waals surface area contributed by atoms with Crippen molar-refractivity contribution in [3.63, 3.8) is 0 Å². The molecule has 3 rings (SSSR count). The molecule has 0 aliphatic carbocycles. The monoisotopic (exact) mass is 357 g/mol. The number of nitrogens with one attached hydrogen (secondary N) is 1. The summed E-state index contributed by atoms with van der Waals surface area (Å²) >= 11 is 5.56. The second-order valence-electron chi connectivity index (χ2n) is 5.52. The molecule has 1 N–H and O–H groups in total. The minimum atomic E-state index is 0.129. The van der Waals surface area contributed by atoms with Crippen LogP contribution in [0.3, 0.4) is 0 Å². The SMILES string of the molecule is COc1ccc(NC2CCOC3(CCSC3)C2)cc1Br. The molecule has 3 nitrogen and oxygen atoms in total. The summed E-state index contributed by atoms with van der Waals surface area (Å²) in [5, 5.41) is 3.65. The highest BCUT2D eigenvalue weighted by Gasteiger charge is 2.40. The van der Waals surface area contributed by atoms with E-state index in [1.165, 1.54) is 12.2 Å². The van der Waals surface area contributed by atoms with E-state index < -0.39 is 0 Å². The lowest BCUT2D eigenvalue weighted by Gasteiger charge is -2.38. The van der Waals surface area contributed by atoms with Crippen LogP contribution in [0, 0.1) is 0 Å². The average molecular weight is 358 g/mol. The normalized spacial score (nSPS) is 29.6. The molecule has 0 radical (unpaired) electrons. The van der Waals surface area contributed by atoms with Crippen molar-refractivity contribution in [1.82, 2.24) is 0 Å². The summed E-state index contributed by atoms with van der Waals surface area (Å²) in [6, 6.07) is 6.66. The van der Waals surface area contributed by atoms with E-state index in [0.29, 0.717) is 6.04 Å². The third kappa shape index (κ3) is 3.10. The van der Waals surface area contributed by atoms with Crippen molar-refractivity contribution in [3.8, 4) is 5.75 Å². The molecule has 20 heavy (non-hydrogen) atoms. The summed E-state index contributed by atoms with van der Waals surface area (Å²) in [7, 11) is 1.69. The van der Waals surface area contributed by atoms with Crippen molar-refractivity contribution in [2.75, 3.05) is 30.5 Å². The molecule has 2 unspecified atom stereocenters. The van der Waals surface area contributed by atoms with Gasteiger partial charge in [-0.2, -0.15) is 11.8 Å². The molecule has 1 aromatic rings. The first kappa shape index (κ1) is 14.5. The van der Waals surface area contributed by atoms with Crippen LogP contribution >= 0.6 is 27.7 Å². The number of hydrogen-bond acceptors (Lipinski definition) is 4. The van der Waals surface area contributed by atoms with Gasteiger partial charge in [-0.05, 0) is 59.1 Å². The standard InChI is InChI=1S/C15H20BrNO2S/c1-18-14-3-2-11(8-13(14)16)17-12-4-6-19-15(9-12)5-7-20-10-15/h2-3,8,12,17H,4-7,9-10H2,1H3. The smallest absolute Gasteiger partial charge is 0.133 e. The molecule has 0 aromatic heterocycles. The first-order valence-corrected chi connectivity index (χ1v) is 8.97. The molecule has 0 bridgehead atoms. The largest absolute Gasteiger partial charge is 0.496 e. The van der Waals surface area contributed by atoms with Gasteiger partial charge in [0.2, 0.25) is 0 Å². The third-order valence-electron chi connectivity index (χ3n) is 4.08. The maximum absolute atomic E-state index is 6.06. The van der Waals surface area contributed by atoms with Crippen LogP contribution in [0.15, 0.2) is 22.7 Å². The van der Waals surface area contributed by atoms with Crippen LogP contribution in [-0.2, 0) is 4.74 Å². The van der Waals surface area contributed by atoms with Gasteiger partial charge in [0.1, 0.15) is 5.75 Å². The molecule has 110 valence electrons. The summed E-state index contributed by atoms with van der Waals surface area (Å²) < 4.78 is 12.3. The molecule has 5 heteroatoms. The fourth-order valence-electron chi connectivity index (χ4n) is 3.01. The topological polar surface area (TPSA) is 30.5 Å². The van der Waals surface area contributed by atoms with Crippen molar-refractivity contribution < 1.29 is 9.47 Å². The Balaban J connectivity index is 1.66. The Hall–Kier alpha value is -0.390. The second-order valence-corrected chi connectivity index (χ2v) is 7.48. The highest BCUT2D eigenvalue weighted by Crippen LogP contribution is 2.39. The predicted molar refractivity (Wildman–Crippen MR) is 88.0 cm³/mol. The predicted octanol–water partition coefficient (Wildman–Crippen LogP) is 3.92.